The normalized spacial score (nSPS) is 12.6. The number of allylic oxidation sites excluding steroid dienone is 1. The summed E-state index contributed by atoms with van der Waals surface area (Å²) in [7, 11) is 0. The predicted octanol–water partition coefficient (Wildman–Crippen LogP) is 3.15. The van der Waals surface area contributed by atoms with Crippen molar-refractivity contribution in [3.05, 3.63) is 24.8 Å². The van der Waals surface area contributed by atoms with Gasteiger partial charge in [-0.25, -0.2) is 4.79 Å². The Hall–Kier alpha value is -1.05. The highest BCUT2D eigenvalue weighted by molar-refractivity contribution is 5.39. The number of carbonyl (C=O) groups excluding carboxylic acids is 1. The Morgan fingerprint density at radius 2 is 2.29 bits per heavy atom. The molecule has 1 radical (unpaired) electrons. The molecule has 0 aromatic carbocycles. The molecule has 0 aromatic rings. The molecule has 0 aliphatic rings. The Kier molecular flexibility index (Phi) is 9.28. The van der Waals surface area contributed by atoms with Gasteiger partial charge in [0.1, 0.15) is 6.10 Å². The Labute approximate surface area is 86.6 Å². The van der Waals surface area contributed by atoms with Crippen molar-refractivity contribution in [2.75, 3.05) is 0 Å². The molecule has 1 atom stereocenters. The third-order valence-electron chi connectivity index (χ3n) is 1.92. The number of hydrogen-bond donors (Lipinski definition) is 0. The van der Waals surface area contributed by atoms with E-state index in [2.05, 4.69) is 19.6 Å². The van der Waals surface area contributed by atoms with Gasteiger partial charge in [-0.15, -0.1) is 6.58 Å². The first-order valence-corrected chi connectivity index (χ1v) is 5.15. The van der Waals surface area contributed by atoms with Crippen molar-refractivity contribution in [2.45, 2.75) is 45.1 Å². The van der Waals surface area contributed by atoms with Gasteiger partial charge in [-0.3, -0.25) is 0 Å². The van der Waals surface area contributed by atoms with Gasteiger partial charge in [0.2, 0.25) is 0 Å². The minimum absolute atomic E-state index is 0.188. The van der Waals surface area contributed by atoms with E-state index < -0.39 is 0 Å². The Morgan fingerprint density at radius 3 is 2.86 bits per heavy atom. The summed E-state index contributed by atoms with van der Waals surface area (Å²) < 4.78 is 4.73. The van der Waals surface area contributed by atoms with Crippen molar-refractivity contribution in [3.63, 3.8) is 0 Å². The minimum atomic E-state index is -0.188. The van der Waals surface area contributed by atoms with E-state index in [-0.39, 0.29) is 6.10 Å². The Bertz CT molecular complexity index is 163. The highest BCUT2D eigenvalue weighted by Crippen LogP contribution is 2.04. The van der Waals surface area contributed by atoms with E-state index in [0.717, 1.165) is 6.42 Å². The van der Waals surface area contributed by atoms with E-state index in [1.165, 1.54) is 25.7 Å². The fourth-order valence-corrected chi connectivity index (χ4v) is 1.15. The first kappa shape index (κ1) is 12.9. The van der Waals surface area contributed by atoms with E-state index in [1.807, 2.05) is 6.08 Å². The van der Waals surface area contributed by atoms with Crippen LogP contribution in [0.4, 0.5) is 0 Å². The van der Waals surface area contributed by atoms with Crippen LogP contribution in [-0.4, -0.2) is 12.6 Å². The standard InChI is InChI=1S/C12H19O2/c1-3-5-6-7-8-10-12(9-4-2)14-11-13/h4,8,10,12H,2-3,5-7,9H2,1H3. The van der Waals surface area contributed by atoms with Crippen LogP contribution in [0.15, 0.2) is 24.8 Å². The topological polar surface area (TPSA) is 26.3 Å². The summed E-state index contributed by atoms with van der Waals surface area (Å²) in [5.41, 5.74) is 0. The predicted molar refractivity (Wildman–Crippen MR) is 58.7 cm³/mol. The molecular formula is C12H19O2. The van der Waals surface area contributed by atoms with E-state index in [1.54, 1.807) is 6.08 Å². The van der Waals surface area contributed by atoms with Gasteiger partial charge in [0.15, 0.2) is 0 Å². The maximum absolute atomic E-state index is 10.0. The van der Waals surface area contributed by atoms with Crippen LogP contribution in [0, 0.1) is 0 Å². The van der Waals surface area contributed by atoms with Crippen molar-refractivity contribution in [3.8, 4) is 0 Å². The van der Waals surface area contributed by atoms with Gasteiger partial charge < -0.3 is 4.74 Å². The second-order valence-electron chi connectivity index (χ2n) is 3.19. The molecule has 2 heteroatoms. The van der Waals surface area contributed by atoms with Crippen LogP contribution >= 0.6 is 0 Å². The molecule has 0 amide bonds. The average molecular weight is 195 g/mol. The van der Waals surface area contributed by atoms with Crippen molar-refractivity contribution in [1.82, 2.24) is 0 Å². The van der Waals surface area contributed by atoms with Gasteiger partial charge in [0.25, 0.3) is 0 Å². The lowest BCUT2D eigenvalue weighted by Gasteiger charge is -2.05. The Morgan fingerprint density at radius 1 is 1.50 bits per heavy atom. The summed E-state index contributed by atoms with van der Waals surface area (Å²) >= 11 is 0. The van der Waals surface area contributed by atoms with Gasteiger partial charge in [0.05, 0.1) is 0 Å². The molecule has 0 aliphatic carbocycles. The molecule has 0 aliphatic heterocycles. The van der Waals surface area contributed by atoms with Gasteiger partial charge in [-0.1, -0.05) is 31.9 Å². The maximum atomic E-state index is 10.0. The van der Waals surface area contributed by atoms with E-state index in [0.29, 0.717) is 6.42 Å². The molecule has 0 rings (SSSR count). The zero-order chi connectivity index (χ0) is 10.6. The molecule has 2 nitrogen and oxygen atoms in total. The highest BCUT2D eigenvalue weighted by Gasteiger charge is 2.00. The van der Waals surface area contributed by atoms with Gasteiger partial charge in [-0.2, -0.15) is 0 Å². The number of rotatable bonds is 9. The van der Waals surface area contributed by atoms with Gasteiger partial charge in [-0.05, 0) is 18.9 Å². The monoisotopic (exact) mass is 195 g/mol. The van der Waals surface area contributed by atoms with Crippen LogP contribution in [0.25, 0.3) is 0 Å². The molecule has 14 heavy (non-hydrogen) atoms. The van der Waals surface area contributed by atoms with Crippen LogP contribution in [-0.2, 0) is 9.53 Å². The van der Waals surface area contributed by atoms with Crippen molar-refractivity contribution >= 4 is 6.47 Å². The molecule has 0 heterocycles. The van der Waals surface area contributed by atoms with Crippen LogP contribution < -0.4 is 0 Å². The molecule has 79 valence electrons. The SMILES string of the molecule is C=CCC(C=CCCCCC)O[C]=O. The minimum Gasteiger partial charge on any atom is -0.449 e. The summed E-state index contributed by atoms with van der Waals surface area (Å²) in [6.45, 7) is 7.23. The third kappa shape index (κ3) is 7.59. The zero-order valence-corrected chi connectivity index (χ0v) is 8.87. The first-order valence-electron chi connectivity index (χ1n) is 5.15. The van der Waals surface area contributed by atoms with E-state index >= 15 is 0 Å². The fraction of sp³-hybridized carbons (Fsp3) is 0.583. The molecule has 0 spiro atoms. The van der Waals surface area contributed by atoms with E-state index in [9.17, 15) is 4.79 Å². The summed E-state index contributed by atoms with van der Waals surface area (Å²) in [5.74, 6) is 0. The lowest BCUT2D eigenvalue weighted by atomic mass is 10.1. The fourth-order valence-electron chi connectivity index (χ4n) is 1.15. The lowest BCUT2D eigenvalue weighted by molar-refractivity contribution is 0.221. The third-order valence-corrected chi connectivity index (χ3v) is 1.92. The largest absolute Gasteiger partial charge is 0.449 e. The smallest absolute Gasteiger partial charge is 0.418 e. The van der Waals surface area contributed by atoms with Crippen molar-refractivity contribution < 1.29 is 9.53 Å². The zero-order valence-electron chi connectivity index (χ0n) is 8.87. The second-order valence-corrected chi connectivity index (χ2v) is 3.19. The second kappa shape index (κ2) is 10.0. The van der Waals surface area contributed by atoms with E-state index in [4.69, 9.17) is 4.74 Å². The van der Waals surface area contributed by atoms with Crippen LogP contribution in [0.3, 0.4) is 0 Å². The number of hydrogen-bond acceptors (Lipinski definition) is 2. The van der Waals surface area contributed by atoms with Gasteiger partial charge >= 0.3 is 6.47 Å². The summed E-state index contributed by atoms with van der Waals surface area (Å²) in [4.78, 5) is 10.0. The average Bonchev–Trinajstić information content (AvgIpc) is 2.18. The Balaban J connectivity index is 3.65. The van der Waals surface area contributed by atoms with Crippen LogP contribution in [0.2, 0.25) is 0 Å². The molecule has 0 fully saturated rings. The van der Waals surface area contributed by atoms with Crippen LogP contribution in [0.5, 0.6) is 0 Å². The highest BCUT2D eigenvalue weighted by atomic mass is 16.5. The van der Waals surface area contributed by atoms with Crippen molar-refractivity contribution in [1.29, 1.82) is 0 Å². The summed E-state index contributed by atoms with van der Waals surface area (Å²) in [5, 5.41) is 0. The quantitative estimate of drug-likeness (QED) is 0.417. The molecule has 0 bridgehead atoms. The van der Waals surface area contributed by atoms with Gasteiger partial charge in [0, 0.05) is 6.42 Å². The lowest BCUT2D eigenvalue weighted by Crippen LogP contribution is -2.06. The molecular weight excluding hydrogens is 176 g/mol. The summed E-state index contributed by atoms with van der Waals surface area (Å²) in [6, 6.07) is 0. The molecule has 0 saturated heterocycles. The maximum Gasteiger partial charge on any atom is 0.418 e. The summed E-state index contributed by atoms with van der Waals surface area (Å²) in [6.07, 6.45) is 10.9. The molecule has 1 unspecified atom stereocenters. The number of ether oxygens (including phenoxy) is 1. The van der Waals surface area contributed by atoms with Crippen molar-refractivity contribution in [2.24, 2.45) is 0 Å². The molecule has 0 aromatic heterocycles. The molecule has 0 saturated carbocycles. The first-order chi connectivity index (χ1) is 6.85. The van der Waals surface area contributed by atoms with Crippen LogP contribution in [0.1, 0.15) is 39.0 Å². The number of unbranched alkanes of at least 4 members (excludes halogenated alkanes) is 3. The molecule has 0 N–H and O–H groups in total.